The second-order valence-corrected chi connectivity index (χ2v) is 4.81. The molecule has 0 radical (unpaired) electrons. The molecule has 0 saturated carbocycles. The van der Waals surface area contributed by atoms with E-state index in [1.807, 2.05) is 38.1 Å². The standard InChI is InChI=1S/C13H11N3S/c1-9-5-10(2)16-13(6-9)17-12-3-4-15-11(7-12)8-14/h3-7H,1-2H3. The van der Waals surface area contributed by atoms with Crippen LogP contribution in [0.15, 0.2) is 40.4 Å². The van der Waals surface area contributed by atoms with E-state index < -0.39 is 0 Å². The summed E-state index contributed by atoms with van der Waals surface area (Å²) in [5.74, 6) is 0. The number of aromatic nitrogens is 2. The Balaban J connectivity index is 2.28. The highest BCUT2D eigenvalue weighted by molar-refractivity contribution is 7.99. The summed E-state index contributed by atoms with van der Waals surface area (Å²) < 4.78 is 0. The second-order valence-electron chi connectivity index (χ2n) is 3.71. The molecule has 0 aliphatic heterocycles. The Hall–Kier alpha value is -1.86. The summed E-state index contributed by atoms with van der Waals surface area (Å²) in [7, 11) is 0. The van der Waals surface area contributed by atoms with E-state index in [0.717, 1.165) is 15.6 Å². The van der Waals surface area contributed by atoms with Crippen molar-refractivity contribution in [1.82, 2.24) is 9.97 Å². The van der Waals surface area contributed by atoms with Gasteiger partial charge in [0.05, 0.1) is 0 Å². The van der Waals surface area contributed by atoms with Crippen LogP contribution < -0.4 is 0 Å². The first-order valence-electron chi connectivity index (χ1n) is 5.16. The summed E-state index contributed by atoms with van der Waals surface area (Å²) >= 11 is 1.54. The molecule has 2 aromatic rings. The summed E-state index contributed by atoms with van der Waals surface area (Å²) in [6, 6.07) is 9.75. The van der Waals surface area contributed by atoms with Crippen molar-refractivity contribution in [3.05, 3.63) is 47.4 Å². The Morgan fingerprint density at radius 3 is 2.76 bits per heavy atom. The highest BCUT2D eigenvalue weighted by atomic mass is 32.2. The Morgan fingerprint density at radius 1 is 1.24 bits per heavy atom. The molecule has 0 aromatic carbocycles. The van der Waals surface area contributed by atoms with Crippen LogP contribution >= 0.6 is 11.8 Å². The molecule has 0 bridgehead atoms. The average molecular weight is 241 g/mol. The van der Waals surface area contributed by atoms with Gasteiger partial charge in [-0.15, -0.1) is 0 Å². The highest BCUT2D eigenvalue weighted by Gasteiger charge is 2.02. The van der Waals surface area contributed by atoms with Crippen LogP contribution in [-0.2, 0) is 0 Å². The molecule has 0 aliphatic rings. The molecule has 3 nitrogen and oxygen atoms in total. The van der Waals surface area contributed by atoms with E-state index in [1.54, 1.807) is 24.0 Å². The third-order valence-corrected chi connectivity index (χ3v) is 3.05. The van der Waals surface area contributed by atoms with Crippen LogP contribution in [0.5, 0.6) is 0 Å². The highest BCUT2D eigenvalue weighted by Crippen LogP contribution is 2.26. The summed E-state index contributed by atoms with van der Waals surface area (Å²) in [4.78, 5) is 9.36. The zero-order valence-electron chi connectivity index (χ0n) is 9.64. The van der Waals surface area contributed by atoms with Crippen molar-refractivity contribution in [3.8, 4) is 6.07 Å². The summed E-state index contributed by atoms with van der Waals surface area (Å²) in [5, 5.41) is 9.72. The Labute approximate surface area is 105 Å². The first-order valence-corrected chi connectivity index (χ1v) is 5.98. The molecular weight excluding hydrogens is 230 g/mol. The van der Waals surface area contributed by atoms with Crippen LogP contribution in [0.3, 0.4) is 0 Å². The second kappa shape index (κ2) is 4.98. The number of rotatable bonds is 2. The Bertz CT molecular complexity index is 567. The Morgan fingerprint density at radius 2 is 2.06 bits per heavy atom. The number of aryl methyl sites for hydroxylation is 2. The van der Waals surface area contributed by atoms with Gasteiger partial charge in [-0.2, -0.15) is 5.26 Å². The van der Waals surface area contributed by atoms with E-state index in [2.05, 4.69) is 9.97 Å². The predicted molar refractivity (Wildman–Crippen MR) is 66.8 cm³/mol. The zero-order chi connectivity index (χ0) is 12.3. The number of nitriles is 1. The fourth-order valence-electron chi connectivity index (χ4n) is 1.51. The molecule has 0 amide bonds. The maximum absolute atomic E-state index is 8.78. The molecule has 4 heteroatoms. The van der Waals surface area contributed by atoms with Crippen LogP contribution in [0.25, 0.3) is 0 Å². The molecule has 0 atom stereocenters. The van der Waals surface area contributed by atoms with Crippen LogP contribution in [0, 0.1) is 25.2 Å². The van der Waals surface area contributed by atoms with Crippen molar-refractivity contribution < 1.29 is 0 Å². The van der Waals surface area contributed by atoms with Gasteiger partial charge in [0.1, 0.15) is 16.8 Å². The van der Waals surface area contributed by atoms with Gasteiger partial charge in [0, 0.05) is 16.8 Å². The van der Waals surface area contributed by atoms with Crippen molar-refractivity contribution in [1.29, 1.82) is 5.26 Å². The van der Waals surface area contributed by atoms with Gasteiger partial charge < -0.3 is 0 Å². The molecule has 0 N–H and O–H groups in total. The van der Waals surface area contributed by atoms with Gasteiger partial charge in [-0.1, -0.05) is 11.8 Å². The van der Waals surface area contributed by atoms with E-state index >= 15 is 0 Å². The van der Waals surface area contributed by atoms with Crippen molar-refractivity contribution in [2.24, 2.45) is 0 Å². The minimum atomic E-state index is 0.430. The lowest BCUT2D eigenvalue weighted by atomic mass is 10.3. The minimum absolute atomic E-state index is 0.430. The van der Waals surface area contributed by atoms with Gasteiger partial charge in [0.15, 0.2) is 0 Å². The van der Waals surface area contributed by atoms with Gasteiger partial charge in [-0.25, -0.2) is 9.97 Å². The van der Waals surface area contributed by atoms with E-state index in [4.69, 9.17) is 5.26 Å². The molecule has 2 heterocycles. The lowest BCUT2D eigenvalue weighted by Gasteiger charge is -2.03. The molecule has 0 unspecified atom stereocenters. The smallest absolute Gasteiger partial charge is 0.141 e. The van der Waals surface area contributed by atoms with Crippen molar-refractivity contribution in [2.75, 3.05) is 0 Å². The third-order valence-electron chi connectivity index (χ3n) is 2.14. The molecule has 17 heavy (non-hydrogen) atoms. The van der Waals surface area contributed by atoms with Gasteiger partial charge in [-0.05, 0) is 43.7 Å². The van der Waals surface area contributed by atoms with E-state index in [1.165, 1.54) is 5.56 Å². The van der Waals surface area contributed by atoms with Gasteiger partial charge >= 0.3 is 0 Å². The molecule has 2 aromatic heterocycles. The van der Waals surface area contributed by atoms with Gasteiger partial charge in [0.2, 0.25) is 0 Å². The van der Waals surface area contributed by atoms with Gasteiger partial charge in [-0.3, -0.25) is 0 Å². The number of hydrogen-bond donors (Lipinski definition) is 0. The van der Waals surface area contributed by atoms with Crippen LogP contribution in [0.4, 0.5) is 0 Å². The normalized spacial score (nSPS) is 9.94. The van der Waals surface area contributed by atoms with Crippen molar-refractivity contribution >= 4 is 11.8 Å². The summed E-state index contributed by atoms with van der Waals surface area (Å²) in [6.07, 6.45) is 1.64. The van der Waals surface area contributed by atoms with E-state index in [-0.39, 0.29) is 0 Å². The van der Waals surface area contributed by atoms with E-state index in [0.29, 0.717) is 5.69 Å². The fraction of sp³-hybridized carbons (Fsp3) is 0.154. The predicted octanol–water partition coefficient (Wildman–Crippen LogP) is 3.12. The SMILES string of the molecule is Cc1cc(C)nc(Sc2ccnc(C#N)c2)c1. The average Bonchev–Trinajstić information content (AvgIpc) is 2.28. The minimum Gasteiger partial charge on any atom is -0.246 e. The molecule has 0 fully saturated rings. The molecule has 84 valence electrons. The zero-order valence-corrected chi connectivity index (χ0v) is 10.5. The summed E-state index contributed by atoms with van der Waals surface area (Å²) in [5.41, 5.74) is 2.62. The van der Waals surface area contributed by atoms with Gasteiger partial charge in [0.25, 0.3) is 0 Å². The van der Waals surface area contributed by atoms with E-state index in [9.17, 15) is 0 Å². The molecule has 0 saturated heterocycles. The summed E-state index contributed by atoms with van der Waals surface area (Å²) in [6.45, 7) is 4.02. The molecule has 0 aliphatic carbocycles. The van der Waals surface area contributed by atoms with Crippen molar-refractivity contribution in [3.63, 3.8) is 0 Å². The van der Waals surface area contributed by atoms with Crippen molar-refractivity contribution in [2.45, 2.75) is 23.8 Å². The maximum atomic E-state index is 8.78. The number of nitrogens with zero attached hydrogens (tertiary/aromatic N) is 3. The lowest BCUT2D eigenvalue weighted by molar-refractivity contribution is 1.05. The molecular formula is C13H11N3S. The van der Waals surface area contributed by atoms with Crippen LogP contribution in [0.1, 0.15) is 17.0 Å². The first kappa shape index (κ1) is 11.6. The Kier molecular flexibility index (Phi) is 3.40. The first-order chi connectivity index (χ1) is 8.17. The molecule has 2 rings (SSSR count). The monoisotopic (exact) mass is 241 g/mol. The van der Waals surface area contributed by atoms with Crippen LogP contribution in [0.2, 0.25) is 0 Å². The largest absolute Gasteiger partial charge is 0.246 e. The maximum Gasteiger partial charge on any atom is 0.141 e. The third kappa shape index (κ3) is 3.05. The fourth-order valence-corrected chi connectivity index (χ4v) is 2.49. The number of hydrogen-bond acceptors (Lipinski definition) is 4. The van der Waals surface area contributed by atoms with Crippen LogP contribution in [-0.4, -0.2) is 9.97 Å². The number of pyridine rings is 2. The molecule has 0 spiro atoms. The lowest BCUT2D eigenvalue weighted by Crippen LogP contribution is -1.87. The quantitative estimate of drug-likeness (QED) is 0.810. The topological polar surface area (TPSA) is 49.6 Å².